The summed E-state index contributed by atoms with van der Waals surface area (Å²) in [5, 5.41) is 5.51. The Labute approximate surface area is 152 Å². The predicted molar refractivity (Wildman–Crippen MR) is 98.1 cm³/mol. The lowest BCUT2D eigenvalue weighted by Crippen LogP contribution is -2.50. The summed E-state index contributed by atoms with van der Waals surface area (Å²) in [5.74, 6) is -0.00639. The molecule has 2 aliphatic heterocycles. The van der Waals surface area contributed by atoms with Crippen molar-refractivity contribution in [1.29, 1.82) is 0 Å². The maximum absolute atomic E-state index is 12.2. The Bertz CT molecular complexity index is 736. The van der Waals surface area contributed by atoms with Gasteiger partial charge in [0.1, 0.15) is 6.04 Å². The van der Waals surface area contributed by atoms with Gasteiger partial charge in [0.15, 0.2) is 5.78 Å². The van der Waals surface area contributed by atoms with Crippen molar-refractivity contribution in [1.82, 2.24) is 15.1 Å². The number of benzene rings is 1. The van der Waals surface area contributed by atoms with Crippen LogP contribution in [0.3, 0.4) is 0 Å². The summed E-state index contributed by atoms with van der Waals surface area (Å²) in [6.07, 6.45) is -0.0163. The fourth-order valence-electron chi connectivity index (χ4n) is 2.93. The lowest BCUT2D eigenvalue weighted by atomic mass is 10.1. The van der Waals surface area contributed by atoms with E-state index in [1.807, 2.05) is 4.90 Å². The van der Waals surface area contributed by atoms with Crippen LogP contribution in [0.2, 0.25) is 0 Å². The first-order chi connectivity index (χ1) is 12.4. The highest BCUT2D eigenvalue weighted by molar-refractivity contribution is 6.07. The van der Waals surface area contributed by atoms with Crippen molar-refractivity contribution in [3.8, 4) is 0 Å². The van der Waals surface area contributed by atoms with E-state index in [2.05, 4.69) is 27.6 Å². The van der Waals surface area contributed by atoms with E-state index < -0.39 is 6.04 Å². The van der Waals surface area contributed by atoms with Gasteiger partial charge in [0, 0.05) is 37.4 Å². The van der Waals surface area contributed by atoms with Gasteiger partial charge in [0.2, 0.25) is 11.9 Å². The number of amides is 2. The Kier molecular flexibility index (Phi) is 5.32. The van der Waals surface area contributed by atoms with Gasteiger partial charge in [-0.1, -0.05) is 0 Å². The highest BCUT2D eigenvalue weighted by atomic mass is 16.2. The summed E-state index contributed by atoms with van der Waals surface area (Å²) in [6.45, 7) is 4.92. The van der Waals surface area contributed by atoms with Gasteiger partial charge in [0.05, 0.1) is 6.42 Å². The topological polar surface area (TPSA) is 94.1 Å². The van der Waals surface area contributed by atoms with Crippen LogP contribution in [0.1, 0.15) is 23.7 Å². The van der Waals surface area contributed by atoms with Crippen LogP contribution in [0.5, 0.6) is 0 Å². The Morgan fingerprint density at radius 3 is 2.46 bits per heavy atom. The maximum Gasteiger partial charge on any atom is 0.252 e. The molecule has 2 aliphatic rings. The number of rotatable bonds is 4. The highest BCUT2D eigenvalue weighted by Gasteiger charge is 2.31. The molecule has 1 atom stereocenters. The summed E-state index contributed by atoms with van der Waals surface area (Å²) < 4.78 is 0. The van der Waals surface area contributed by atoms with Gasteiger partial charge in [-0.05, 0) is 38.2 Å². The van der Waals surface area contributed by atoms with Crippen LogP contribution in [0.15, 0.2) is 29.3 Å². The van der Waals surface area contributed by atoms with Crippen molar-refractivity contribution >= 4 is 29.2 Å². The molecule has 0 aromatic heterocycles. The number of aliphatic imine (C=N–C) groups is 1. The van der Waals surface area contributed by atoms with Crippen molar-refractivity contribution in [2.75, 3.05) is 38.5 Å². The van der Waals surface area contributed by atoms with Crippen LogP contribution in [0.4, 0.5) is 5.69 Å². The first-order valence-electron chi connectivity index (χ1n) is 8.65. The SMILES string of the molecule is CC(=O)c1ccc(NC(=O)CC2N=C(N3CCN(C)CC3)NC2=O)cc1. The molecule has 8 heteroatoms. The number of likely N-dealkylation sites (N-methyl/N-ethyl adjacent to an activating group) is 1. The van der Waals surface area contributed by atoms with Gasteiger partial charge in [-0.3, -0.25) is 19.7 Å². The fourth-order valence-corrected chi connectivity index (χ4v) is 2.93. The Morgan fingerprint density at radius 2 is 1.85 bits per heavy atom. The summed E-state index contributed by atoms with van der Waals surface area (Å²) in [5.41, 5.74) is 1.17. The van der Waals surface area contributed by atoms with Crippen LogP contribution < -0.4 is 10.6 Å². The minimum absolute atomic E-state index is 0.0163. The smallest absolute Gasteiger partial charge is 0.252 e. The average Bonchev–Trinajstić information content (AvgIpc) is 2.96. The molecule has 2 heterocycles. The first kappa shape index (κ1) is 18.1. The van der Waals surface area contributed by atoms with Gasteiger partial charge in [-0.15, -0.1) is 0 Å². The van der Waals surface area contributed by atoms with E-state index >= 15 is 0 Å². The molecule has 0 bridgehead atoms. The van der Waals surface area contributed by atoms with Crippen LogP contribution in [-0.4, -0.2) is 72.6 Å². The lowest BCUT2D eigenvalue weighted by Gasteiger charge is -2.33. The molecule has 1 saturated heterocycles. The minimum Gasteiger partial charge on any atom is -0.340 e. The fraction of sp³-hybridized carbons (Fsp3) is 0.444. The minimum atomic E-state index is -0.707. The second kappa shape index (κ2) is 7.65. The number of nitrogens with one attached hydrogen (secondary N) is 2. The number of nitrogens with zero attached hydrogens (tertiary/aromatic N) is 3. The quantitative estimate of drug-likeness (QED) is 0.757. The Hall–Kier alpha value is -2.74. The number of guanidine groups is 1. The van der Waals surface area contributed by atoms with Gasteiger partial charge >= 0.3 is 0 Å². The first-order valence-corrected chi connectivity index (χ1v) is 8.65. The van der Waals surface area contributed by atoms with E-state index in [9.17, 15) is 14.4 Å². The maximum atomic E-state index is 12.2. The molecular formula is C18H23N5O3. The van der Waals surface area contributed by atoms with Crippen molar-refractivity contribution in [2.24, 2.45) is 4.99 Å². The van der Waals surface area contributed by atoms with E-state index in [-0.39, 0.29) is 24.0 Å². The van der Waals surface area contributed by atoms with Gasteiger partial charge < -0.3 is 15.1 Å². The number of Topliss-reactive ketones (excluding diaryl/α,β-unsaturated/α-hetero) is 1. The predicted octanol–water partition coefficient (Wildman–Crippen LogP) is 0.320. The van der Waals surface area contributed by atoms with Crippen LogP contribution in [0.25, 0.3) is 0 Å². The zero-order valence-corrected chi connectivity index (χ0v) is 15.0. The van der Waals surface area contributed by atoms with Crippen molar-refractivity contribution < 1.29 is 14.4 Å². The second-order valence-corrected chi connectivity index (χ2v) is 6.63. The number of anilines is 1. The molecule has 0 aliphatic carbocycles. The molecule has 2 amide bonds. The Balaban J connectivity index is 1.56. The summed E-state index contributed by atoms with van der Waals surface area (Å²) in [4.78, 5) is 44.3. The molecule has 0 radical (unpaired) electrons. The normalized spacial score (nSPS) is 20.5. The highest BCUT2D eigenvalue weighted by Crippen LogP contribution is 2.13. The molecule has 0 saturated carbocycles. The number of carbonyl (C=O) groups is 3. The number of hydrogen-bond donors (Lipinski definition) is 2. The molecule has 1 fully saturated rings. The molecule has 1 unspecified atom stereocenters. The summed E-state index contributed by atoms with van der Waals surface area (Å²) in [7, 11) is 2.06. The molecule has 1 aromatic rings. The molecule has 0 spiro atoms. The van der Waals surface area contributed by atoms with Crippen molar-refractivity contribution in [3.05, 3.63) is 29.8 Å². The molecule has 1 aromatic carbocycles. The Morgan fingerprint density at radius 1 is 1.19 bits per heavy atom. The molecule has 2 N–H and O–H groups in total. The largest absolute Gasteiger partial charge is 0.340 e. The average molecular weight is 357 g/mol. The van der Waals surface area contributed by atoms with Gasteiger partial charge in [-0.2, -0.15) is 0 Å². The number of ketones is 1. The molecule has 138 valence electrons. The van der Waals surface area contributed by atoms with Crippen LogP contribution in [-0.2, 0) is 9.59 Å². The standard InChI is InChI=1S/C18H23N5O3/c1-12(24)13-3-5-14(6-4-13)19-16(25)11-15-17(26)21-18(20-15)23-9-7-22(2)8-10-23/h3-6,15H,7-11H2,1-2H3,(H,19,25)(H,20,21,26). The van der Waals surface area contributed by atoms with E-state index in [0.29, 0.717) is 17.2 Å². The zero-order valence-electron chi connectivity index (χ0n) is 15.0. The monoisotopic (exact) mass is 357 g/mol. The van der Waals surface area contributed by atoms with Gasteiger partial charge in [0.25, 0.3) is 5.91 Å². The van der Waals surface area contributed by atoms with Crippen molar-refractivity contribution in [3.63, 3.8) is 0 Å². The van der Waals surface area contributed by atoms with E-state index in [4.69, 9.17) is 0 Å². The second-order valence-electron chi connectivity index (χ2n) is 6.63. The van der Waals surface area contributed by atoms with Crippen LogP contribution >= 0.6 is 0 Å². The number of carbonyl (C=O) groups excluding carboxylic acids is 3. The van der Waals surface area contributed by atoms with Crippen molar-refractivity contribution in [2.45, 2.75) is 19.4 Å². The lowest BCUT2D eigenvalue weighted by molar-refractivity contribution is -0.124. The molecular weight excluding hydrogens is 334 g/mol. The van der Waals surface area contributed by atoms with Crippen LogP contribution in [0, 0.1) is 0 Å². The third-order valence-electron chi connectivity index (χ3n) is 4.57. The zero-order chi connectivity index (χ0) is 18.7. The molecule has 26 heavy (non-hydrogen) atoms. The summed E-state index contributed by atoms with van der Waals surface area (Å²) >= 11 is 0. The molecule has 3 rings (SSSR count). The van der Waals surface area contributed by atoms with E-state index in [1.54, 1.807) is 24.3 Å². The van der Waals surface area contributed by atoms with E-state index in [0.717, 1.165) is 26.2 Å². The third-order valence-corrected chi connectivity index (χ3v) is 4.57. The number of piperazine rings is 1. The number of hydrogen-bond acceptors (Lipinski definition) is 6. The summed E-state index contributed by atoms with van der Waals surface area (Å²) in [6, 6.07) is 5.94. The third kappa shape index (κ3) is 4.26. The van der Waals surface area contributed by atoms with E-state index in [1.165, 1.54) is 6.92 Å². The molecule has 8 nitrogen and oxygen atoms in total. The van der Waals surface area contributed by atoms with Gasteiger partial charge in [-0.25, -0.2) is 4.99 Å².